The lowest BCUT2D eigenvalue weighted by Gasteiger charge is -1.91. The molecule has 0 spiro atoms. The van der Waals surface area contributed by atoms with Gasteiger partial charge in [-0.2, -0.15) is 0 Å². The standard InChI is InChI=1S/C7H10N2/c1-2-4-7-8-5-6(3-1)9-7/h5H,1-4H2,(H,8,9). The molecule has 2 heterocycles. The first-order chi connectivity index (χ1) is 4.45. The zero-order valence-electron chi connectivity index (χ0n) is 5.35. The summed E-state index contributed by atoms with van der Waals surface area (Å²) in [5.74, 6) is 1.17. The zero-order valence-corrected chi connectivity index (χ0v) is 5.35. The molecule has 2 rings (SSSR count). The maximum atomic E-state index is 4.20. The molecular weight excluding hydrogens is 112 g/mol. The molecule has 0 fully saturated rings. The van der Waals surface area contributed by atoms with Crippen molar-refractivity contribution in [2.45, 2.75) is 25.7 Å². The van der Waals surface area contributed by atoms with Gasteiger partial charge in [0.2, 0.25) is 0 Å². The van der Waals surface area contributed by atoms with Crippen LogP contribution in [0.5, 0.6) is 0 Å². The smallest absolute Gasteiger partial charge is 0.106 e. The number of nitrogens with one attached hydrogen (secondary N) is 1. The van der Waals surface area contributed by atoms with Crippen LogP contribution in [0.25, 0.3) is 0 Å². The summed E-state index contributed by atoms with van der Waals surface area (Å²) in [5.41, 5.74) is 1.31. The Bertz CT molecular complexity index is 182. The largest absolute Gasteiger partial charge is 0.346 e. The molecule has 0 saturated heterocycles. The van der Waals surface area contributed by atoms with Gasteiger partial charge in [-0.05, 0) is 19.3 Å². The Kier molecular flexibility index (Phi) is 1.04. The van der Waals surface area contributed by atoms with Crippen molar-refractivity contribution in [3.05, 3.63) is 17.7 Å². The van der Waals surface area contributed by atoms with Crippen LogP contribution in [0.1, 0.15) is 24.4 Å². The van der Waals surface area contributed by atoms with E-state index in [-0.39, 0.29) is 0 Å². The SMILES string of the molecule is c1nc2[nH]c1CCCC2. The molecule has 2 nitrogen and oxygen atoms in total. The van der Waals surface area contributed by atoms with Gasteiger partial charge >= 0.3 is 0 Å². The number of imidazole rings is 1. The van der Waals surface area contributed by atoms with Gasteiger partial charge in [0.25, 0.3) is 0 Å². The van der Waals surface area contributed by atoms with Crippen LogP contribution in [0.15, 0.2) is 6.20 Å². The second-order valence-electron chi connectivity index (χ2n) is 2.56. The van der Waals surface area contributed by atoms with Crippen LogP contribution in [-0.4, -0.2) is 9.97 Å². The van der Waals surface area contributed by atoms with Crippen molar-refractivity contribution in [1.29, 1.82) is 0 Å². The molecule has 0 saturated carbocycles. The van der Waals surface area contributed by atoms with E-state index in [1.807, 2.05) is 6.20 Å². The fourth-order valence-corrected chi connectivity index (χ4v) is 1.27. The van der Waals surface area contributed by atoms with Gasteiger partial charge in [-0.25, -0.2) is 4.98 Å². The molecule has 0 unspecified atom stereocenters. The highest BCUT2D eigenvalue weighted by Gasteiger charge is 2.04. The highest BCUT2D eigenvalue weighted by atomic mass is 14.9. The van der Waals surface area contributed by atoms with Gasteiger partial charge in [-0.15, -0.1) is 0 Å². The lowest BCUT2D eigenvalue weighted by atomic mass is 10.2. The van der Waals surface area contributed by atoms with Gasteiger partial charge in [0, 0.05) is 18.3 Å². The fraction of sp³-hybridized carbons (Fsp3) is 0.571. The number of hydrogen-bond donors (Lipinski definition) is 1. The molecule has 1 N–H and O–H groups in total. The first kappa shape index (κ1) is 5.03. The van der Waals surface area contributed by atoms with Gasteiger partial charge in [-0.1, -0.05) is 0 Å². The highest BCUT2D eigenvalue weighted by molar-refractivity contribution is 5.03. The van der Waals surface area contributed by atoms with E-state index in [2.05, 4.69) is 9.97 Å². The molecule has 1 aromatic rings. The monoisotopic (exact) mass is 122 g/mol. The van der Waals surface area contributed by atoms with Gasteiger partial charge in [0.15, 0.2) is 0 Å². The summed E-state index contributed by atoms with van der Waals surface area (Å²) >= 11 is 0. The number of rotatable bonds is 0. The number of hydrogen-bond acceptors (Lipinski definition) is 1. The maximum Gasteiger partial charge on any atom is 0.106 e. The summed E-state index contributed by atoms with van der Waals surface area (Å²) in [6.45, 7) is 0. The number of aromatic amines is 1. The molecule has 1 aromatic heterocycles. The second-order valence-corrected chi connectivity index (χ2v) is 2.56. The maximum absolute atomic E-state index is 4.20. The normalized spacial score (nSPS) is 17.3. The quantitative estimate of drug-likeness (QED) is 0.552. The highest BCUT2D eigenvalue weighted by Crippen LogP contribution is 2.10. The predicted octanol–water partition coefficient (Wildman–Crippen LogP) is 1.29. The Labute approximate surface area is 54.3 Å². The van der Waals surface area contributed by atoms with E-state index in [0.29, 0.717) is 0 Å². The van der Waals surface area contributed by atoms with Gasteiger partial charge in [0.05, 0.1) is 0 Å². The molecule has 0 atom stereocenters. The van der Waals surface area contributed by atoms with E-state index >= 15 is 0 Å². The van der Waals surface area contributed by atoms with Crippen LogP contribution < -0.4 is 0 Å². The van der Waals surface area contributed by atoms with Crippen molar-refractivity contribution in [2.24, 2.45) is 0 Å². The fourth-order valence-electron chi connectivity index (χ4n) is 1.27. The van der Waals surface area contributed by atoms with E-state index in [1.54, 1.807) is 0 Å². The Morgan fingerprint density at radius 3 is 3.22 bits per heavy atom. The molecule has 0 aromatic carbocycles. The minimum atomic E-state index is 1.14. The molecule has 2 bridgehead atoms. The molecule has 0 amide bonds. The molecular formula is C7H10N2. The number of H-pyrrole nitrogens is 1. The molecule has 0 aliphatic carbocycles. The minimum absolute atomic E-state index is 1.14. The number of aryl methyl sites for hydroxylation is 2. The summed E-state index contributed by atoms with van der Waals surface area (Å²) in [6, 6.07) is 0. The van der Waals surface area contributed by atoms with Crippen LogP contribution in [0.3, 0.4) is 0 Å². The van der Waals surface area contributed by atoms with Crippen molar-refractivity contribution < 1.29 is 0 Å². The summed E-state index contributed by atoms with van der Waals surface area (Å²) in [7, 11) is 0. The van der Waals surface area contributed by atoms with E-state index < -0.39 is 0 Å². The molecule has 9 heavy (non-hydrogen) atoms. The van der Waals surface area contributed by atoms with E-state index in [1.165, 1.54) is 30.8 Å². The lowest BCUT2D eigenvalue weighted by Crippen LogP contribution is -1.85. The molecule has 1 aliphatic rings. The molecule has 2 heteroatoms. The van der Waals surface area contributed by atoms with Crippen molar-refractivity contribution in [3.8, 4) is 0 Å². The average molecular weight is 122 g/mol. The Morgan fingerprint density at radius 2 is 2.22 bits per heavy atom. The van der Waals surface area contributed by atoms with Crippen LogP contribution in [0.4, 0.5) is 0 Å². The van der Waals surface area contributed by atoms with Crippen LogP contribution >= 0.6 is 0 Å². The van der Waals surface area contributed by atoms with Crippen molar-refractivity contribution in [3.63, 3.8) is 0 Å². The summed E-state index contributed by atoms with van der Waals surface area (Å²) in [4.78, 5) is 7.47. The van der Waals surface area contributed by atoms with Crippen molar-refractivity contribution in [2.75, 3.05) is 0 Å². The summed E-state index contributed by atoms with van der Waals surface area (Å²) in [6.07, 6.45) is 6.89. The van der Waals surface area contributed by atoms with Gasteiger partial charge < -0.3 is 4.98 Å². The minimum Gasteiger partial charge on any atom is -0.346 e. The van der Waals surface area contributed by atoms with Crippen molar-refractivity contribution in [1.82, 2.24) is 9.97 Å². The Hall–Kier alpha value is -0.790. The van der Waals surface area contributed by atoms with E-state index in [4.69, 9.17) is 0 Å². The summed E-state index contributed by atoms with van der Waals surface area (Å²) < 4.78 is 0. The predicted molar refractivity (Wildman–Crippen MR) is 35.2 cm³/mol. The van der Waals surface area contributed by atoms with Crippen LogP contribution in [-0.2, 0) is 12.8 Å². The number of nitrogens with zero attached hydrogens (tertiary/aromatic N) is 1. The lowest BCUT2D eigenvalue weighted by molar-refractivity contribution is 0.732. The molecule has 48 valence electrons. The average Bonchev–Trinajstić information content (AvgIpc) is 2.09. The zero-order chi connectivity index (χ0) is 6.10. The Balaban J connectivity index is 2.37. The third-order valence-corrected chi connectivity index (χ3v) is 1.79. The second kappa shape index (κ2) is 1.87. The van der Waals surface area contributed by atoms with Crippen LogP contribution in [0, 0.1) is 0 Å². The first-order valence-corrected chi connectivity index (χ1v) is 3.48. The Morgan fingerprint density at radius 1 is 1.33 bits per heavy atom. The van der Waals surface area contributed by atoms with Gasteiger partial charge in [0.1, 0.15) is 5.82 Å². The molecule has 0 radical (unpaired) electrons. The number of fused-ring (bicyclic) bond motifs is 2. The molecule has 1 aliphatic heterocycles. The van der Waals surface area contributed by atoms with E-state index in [0.717, 1.165) is 6.42 Å². The van der Waals surface area contributed by atoms with E-state index in [9.17, 15) is 0 Å². The third kappa shape index (κ3) is 0.846. The third-order valence-electron chi connectivity index (χ3n) is 1.79. The van der Waals surface area contributed by atoms with Gasteiger partial charge in [-0.3, -0.25) is 0 Å². The number of aromatic nitrogens is 2. The first-order valence-electron chi connectivity index (χ1n) is 3.48. The summed E-state index contributed by atoms with van der Waals surface area (Å²) in [5, 5.41) is 0. The van der Waals surface area contributed by atoms with Crippen LogP contribution in [0.2, 0.25) is 0 Å². The van der Waals surface area contributed by atoms with Crippen molar-refractivity contribution >= 4 is 0 Å². The topological polar surface area (TPSA) is 28.7 Å².